The fraction of sp³-hybridized carbons (Fsp3) is 1.00. The standard InChI is InChI=1S/C13H25F3N2O/c1-11(2)8-17-9-12-4-3-5-18(10-12)6-7-19-13(14,15)16/h11-12,17H,3-10H2,1-2H3. The minimum atomic E-state index is -4.51. The molecule has 6 heteroatoms. The van der Waals surface area contributed by atoms with Gasteiger partial charge >= 0.3 is 6.36 Å². The van der Waals surface area contributed by atoms with Gasteiger partial charge in [-0.05, 0) is 44.3 Å². The Bertz CT molecular complexity index is 247. The molecule has 1 aliphatic rings. The van der Waals surface area contributed by atoms with Crippen LogP contribution in [0.3, 0.4) is 0 Å². The molecule has 114 valence electrons. The van der Waals surface area contributed by atoms with Crippen molar-refractivity contribution in [3.05, 3.63) is 0 Å². The van der Waals surface area contributed by atoms with Gasteiger partial charge in [0.25, 0.3) is 0 Å². The van der Waals surface area contributed by atoms with E-state index in [-0.39, 0.29) is 6.61 Å². The van der Waals surface area contributed by atoms with Gasteiger partial charge in [0, 0.05) is 13.1 Å². The van der Waals surface area contributed by atoms with Gasteiger partial charge in [0.1, 0.15) is 0 Å². The molecule has 0 radical (unpaired) electrons. The number of halogens is 3. The monoisotopic (exact) mass is 282 g/mol. The van der Waals surface area contributed by atoms with Crippen molar-refractivity contribution in [3.63, 3.8) is 0 Å². The minimum Gasteiger partial charge on any atom is -0.316 e. The topological polar surface area (TPSA) is 24.5 Å². The van der Waals surface area contributed by atoms with Crippen molar-refractivity contribution in [3.8, 4) is 0 Å². The maximum absolute atomic E-state index is 11.9. The van der Waals surface area contributed by atoms with Crippen LogP contribution in [0.2, 0.25) is 0 Å². The third-order valence-corrected chi connectivity index (χ3v) is 3.26. The molecule has 1 N–H and O–H groups in total. The number of ether oxygens (including phenoxy) is 1. The first kappa shape index (κ1) is 16.7. The van der Waals surface area contributed by atoms with Crippen LogP contribution in [0.4, 0.5) is 13.2 Å². The summed E-state index contributed by atoms with van der Waals surface area (Å²) in [5.74, 6) is 1.17. The third-order valence-electron chi connectivity index (χ3n) is 3.26. The second kappa shape index (κ2) is 8.07. The van der Waals surface area contributed by atoms with E-state index in [9.17, 15) is 13.2 Å². The Hall–Kier alpha value is -0.330. The van der Waals surface area contributed by atoms with Gasteiger partial charge in [0.2, 0.25) is 0 Å². The van der Waals surface area contributed by atoms with Crippen molar-refractivity contribution in [1.82, 2.24) is 10.2 Å². The molecule has 0 saturated carbocycles. The molecule has 1 unspecified atom stereocenters. The first-order valence-electron chi connectivity index (χ1n) is 7.00. The Labute approximate surface area is 113 Å². The van der Waals surface area contributed by atoms with Gasteiger partial charge in [-0.2, -0.15) is 0 Å². The first-order valence-corrected chi connectivity index (χ1v) is 7.00. The maximum atomic E-state index is 11.9. The average Bonchev–Trinajstić information content (AvgIpc) is 2.27. The fourth-order valence-corrected chi connectivity index (χ4v) is 2.39. The Morgan fingerprint density at radius 2 is 2.11 bits per heavy atom. The van der Waals surface area contributed by atoms with Crippen molar-refractivity contribution < 1.29 is 17.9 Å². The molecule has 19 heavy (non-hydrogen) atoms. The molecule has 1 aliphatic heterocycles. The lowest BCUT2D eigenvalue weighted by Crippen LogP contribution is -2.41. The fourth-order valence-electron chi connectivity index (χ4n) is 2.39. The summed E-state index contributed by atoms with van der Waals surface area (Å²) in [7, 11) is 0. The SMILES string of the molecule is CC(C)CNCC1CCCN(CCOC(F)(F)F)C1. The largest absolute Gasteiger partial charge is 0.522 e. The molecule has 0 bridgehead atoms. The summed E-state index contributed by atoms with van der Waals surface area (Å²) in [5.41, 5.74) is 0. The number of alkyl halides is 3. The van der Waals surface area contributed by atoms with Gasteiger partial charge in [-0.15, -0.1) is 13.2 Å². The summed E-state index contributed by atoms with van der Waals surface area (Å²) in [6.07, 6.45) is -2.30. The molecule has 0 aromatic carbocycles. The Morgan fingerprint density at radius 1 is 1.37 bits per heavy atom. The maximum Gasteiger partial charge on any atom is 0.522 e. The van der Waals surface area contributed by atoms with E-state index in [0.29, 0.717) is 18.4 Å². The lowest BCUT2D eigenvalue weighted by molar-refractivity contribution is -0.325. The quantitative estimate of drug-likeness (QED) is 0.776. The van der Waals surface area contributed by atoms with Crippen LogP contribution in [-0.2, 0) is 4.74 Å². The molecule has 0 aromatic rings. The van der Waals surface area contributed by atoms with Crippen LogP contribution in [0.15, 0.2) is 0 Å². The van der Waals surface area contributed by atoms with Crippen LogP contribution in [0.5, 0.6) is 0 Å². The van der Waals surface area contributed by atoms with E-state index in [0.717, 1.165) is 39.0 Å². The Morgan fingerprint density at radius 3 is 2.74 bits per heavy atom. The van der Waals surface area contributed by atoms with Crippen LogP contribution >= 0.6 is 0 Å². The van der Waals surface area contributed by atoms with Crippen LogP contribution in [-0.4, -0.2) is 50.6 Å². The highest BCUT2D eigenvalue weighted by atomic mass is 19.4. The zero-order chi connectivity index (χ0) is 14.3. The highest BCUT2D eigenvalue weighted by molar-refractivity contribution is 4.74. The second-order valence-corrected chi connectivity index (χ2v) is 5.66. The van der Waals surface area contributed by atoms with Gasteiger partial charge in [-0.3, -0.25) is 4.74 Å². The van der Waals surface area contributed by atoms with Crippen LogP contribution in [0, 0.1) is 11.8 Å². The van der Waals surface area contributed by atoms with E-state index in [1.54, 1.807) is 0 Å². The molecular formula is C13H25F3N2O. The number of hydrogen-bond acceptors (Lipinski definition) is 3. The van der Waals surface area contributed by atoms with Crippen LogP contribution in [0.1, 0.15) is 26.7 Å². The van der Waals surface area contributed by atoms with E-state index in [2.05, 4.69) is 28.8 Å². The van der Waals surface area contributed by atoms with Crippen LogP contribution in [0.25, 0.3) is 0 Å². The summed E-state index contributed by atoms with van der Waals surface area (Å²) in [6.45, 7) is 8.11. The number of likely N-dealkylation sites (tertiary alicyclic amines) is 1. The number of nitrogens with zero attached hydrogens (tertiary/aromatic N) is 1. The number of piperidine rings is 1. The highest BCUT2D eigenvalue weighted by Crippen LogP contribution is 2.18. The van der Waals surface area contributed by atoms with Crippen LogP contribution < -0.4 is 5.32 Å². The van der Waals surface area contributed by atoms with Gasteiger partial charge in [0.05, 0.1) is 6.61 Å². The zero-order valence-electron chi connectivity index (χ0n) is 11.8. The Balaban J connectivity index is 2.15. The molecule has 3 nitrogen and oxygen atoms in total. The van der Waals surface area contributed by atoms with E-state index < -0.39 is 6.36 Å². The summed E-state index contributed by atoms with van der Waals surface area (Å²) >= 11 is 0. The first-order chi connectivity index (χ1) is 8.87. The minimum absolute atomic E-state index is 0.268. The van der Waals surface area contributed by atoms with Gasteiger partial charge in [-0.25, -0.2) is 0 Å². The average molecular weight is 282 g/mol. The number of nitrogens with one attached hydrogen (secondary N) is 1. The molecule has 1 heterocycles. The second-order valence-electron chi connectivity index (χ2n) is 5.66. The third kappa shape index (κ3) is 8.44. The summed E-state index contributed by atoms with van der Waals surface area (Å²) in [5, 5.41) is 3.42. The summed E-state index contributed by atoms with van der Waals surface area (Å²) in [4.78, 5) is 2.07. The highest BCUT2D eigenvalue weighted by Gasteiger charge is 2.29. The lowest BCUT2D eigenvalue weighted by atomic mass is 9.98. The van der Waals surface area contributed by atoms with Gasteiger partial charge in [-0.1, -0.05) is 13.8 Å². The van der Waals surface area contributed by atoms with E-state index in [1.165, 1.54) is 0 Å². The molecule has 0 aliphatic carbocycles. The molecule has 0 spiro atoms. The molecule has 1 atom stereocenters. The predicted octanol–water partition coefficient (Wildman–Crippen LogP) is 2.48. The van der Waals surface area contributed by atoms with Crippen molar-refractivity contribution >= 4 is 0 Å². The molecule has 1 rings (SSSR count). The van der Waals surface area contributed by atoms with Crippen molar-refractivity contribution in [2.24, 2.45) is 11.8 Å². The zero-order valence-corrected chi connectivity index (χ0v) is 11.8. The smallest absolute Gasteiger partial charge is 0.316 e. The molecule has 1 fully saturated rings. The normalized spacial score (nSPS) is 22.1. The van der Waals surface area contributed by atoms with Crippen molar-refractivity contribution in [1.29, 1.82) is 0 Å². The van der Waals surface area contributed by atoms with Crippen molar-refractivity contribution in [2.45, 2.75) is 33.1 Å². The number of hydrogen-bond donors (Lipinski definition) is 1. The van der Waals surface area contributed by atoms with E-state index >= 15 is 0 Å². The van der Waals surface area contributed by atoms with Gasteiger partial charge in [0.15, 0.2) is 0 Å². The molecule has 1 saturated heterocycles. The predicted molar refractivity (Wildman–Crippen MR) is 68.9 cm³/mol. The van der Waals surface area contributed by atoms with Crippen molar-refractivity contribution in [2.75, 3.05) is 39.3 Å². The molecule has 0 amide bonds. The Kier molecular flexibility index (Phi) is 7.10. The number of rotatable bonds is 7. The van der Waals surface area contributed by atoms with Gasteiger partial charge < -0.3 is 10.2 Å². The van der Waals surface area contributed by atoms with E-state index in [1.807, 2.05) is 0 Å². The van der Waals surface area contributed by atoms with E-state index in [4.69, 9.17) is 0 Å². The molecule has 0 aromatic heterocycles. The lowest BCUT2D eigenvalue weighted by Gasteiger charge is -2.33. The summed E-state index contributed by atoms with van der Waals surface area (Å²) in [6, 6.07) is 0. The summed E-state index contributed by atoms with van der Waals surface area (Å²) < 4.78 is 39.5. The molecular weight excluding hydrogens is 257 g/mol.